The van der Waals surface area contributed by atoms with Crippen LogP contribution >= 0.6 is 0 Å². The third-order valence-electron chi connectivity index (χ3n) is 7.04. The number of alkyl halides is 6. The van der Waals surface area contributed by atoms with Crippen LogP contribution in [0.3, 0.4) is 0 Å². The van der Waals surface area contributed by atoms with Gasteiger partial charge in [0.1, 0.15) is 5.75 Å². The second kappa shape index (κ2) is 9.63. The maximum atomic E-state index is 13.2. The molecule has 1 saturated heterocycles. The van der Waals surface area contributed by atoms with Crippen LogP contribution in [-0.2, 0) is 30.1 Å². The molecule has 35 heavy (non-hydrogen) atoms. The zero-order chi connectivity index (χ0) is 25.5. The van der Waals surface area contributed by atoms with Crippen molar-refractivity contribution < 1.29 is 36.2 Å². The number of rotatable bonds is 4. The van der Waals surface area contributed by atoms with Crippen LogP contribution in [0.2, 0.25) is 0 Å². The smallest absolute Gasteiger partial charge is 0.416 e. The first-order valence-corrected chi connectivity index (χ1v) is 11.5. The molecule has 0 spiro atoms. The molecule has 0 aliphatic carbocycles. The van der Waals surface area contributed by atoms with Gasteiger partial charge in [-0.25, -0.2) is 0 Å². The fourth-order valence-corrected chi connectivity index (χ4v) is 5.13. The summed E-state index contributed by atoms with van der Waals surface area (Å²) in [4.78, 5) is 1.87. The van der Waals surface area contributed by atoms with Crippen molar-refractivity contribution in [3.05, 3.63) is 63.7 Å². The average Bonchev–Trinajstić information content (AvgIpc) is 2.80. The maximum absolute atomic E-state index is 13.2. The van der Waals surface area contributed by atoms with Crippen molar-refractivity contribution in [2.24, 2.45) is 11.7 Å². The largest absolute Gasteiger partial charge is 0.507 e. The number of hydrogen-bond acceptors (Lipinski definition) is 4. The van der Waals surface area contributed by atoms with E-state index in [1.807, 2.05) is 24.0 Å². The summed E-state index contributed by atoms with van der Waals surface area (Å²) in [5.41, 5.74) is 5.80. The van der Waals surface area contributed by atoms with Crippen LogP contribution in [0, 0.1) is 12.8 Å². The van der Waals surface area contributed by atoms with E-state index in [2.05, 4.69) is 0 Å². The standard InChI is InChI=1S/C25H28F6N2O2/c1-14-2-3-19-20(23(14)34)11-21(35-22(19)12-32)16-4-6-33(7-5-16)13-15-8-17(24(26,27)28)10-18(9-15)25(29,30)31/h2-3,8-10,16,21-22,34H,4-7,11-13,32H2,1H3/t21-,22-/m0/s1. The molecular weight excluding hydrogens is 474 g/mol. The van der Waals surface area contributed by atoms with E-state index in [0.29, 0.717) is 32.4 Å². The van der Waals surface area contributed by atoms with Gasteiger partial charge < -0.3 is 15.6 Å². The predicted octanol–water partition coefficient (Wildman–Crippen LogP) is 5.59. The molecule has 0 saturated carbocycles. The van der Waals surface area contributed by atoms with Gasteiger partial charge in [0.2, 0.25) is 0 Å². The van der Waals surface area contributed by atoms with E-state index < -0.39 is 23.5 Å². The maximum Gasteiger partial charge on any atom is 0.416 e. The minimum atomic E-state index is -4.86. The third-order valence-corrected chi connectivity index (χ3v) is 7.04. The number of aromatic hydroxyl groups is 1. The Morgan fingerprint density at radius 1 is 1.00 bits per heavy atom. The molecule has 0 unspecified atom stereocenters. The van der Waals surface area contributed by atoms with Gasteiger partial charge in [-0.05, 0) is 73.7 Å². The molecule has 2 aromatic carbocycles. The highest BCUT2D eigenvalue weighted by Crippen LogP contribution is 2.41. The Bertz CT molecular complexity index is 1030. The number of piperidine rings is 1. The Kier molecular flexibility index (Phi) is 7.09. The fraction of sp³-hybridized carbons (Fsp3) is 0.520. The second-order valence-electron chi connectivity index (χ2n) is 9.43. The van der Waals surface area contributed by atoms with Gasteiger partial charge in [-0.15, -0.1) is 0 Å². The van der Waals surface area contributed by atoms with Gasteiger partial charge in [0.15, 0.2) is 0 Å². The van der Waals surface area contributed by atoms with Gasteiger partial charge in [-0.3, -0.25) is 4.90 Å². The van der Waals surface area contributed by atoms with Crippen LogP contribution in [0.5, 0.6) is 5.75 Å². The van der Waals surface area contributed by atoms with E-state index in [0.717, 1.165) is 28.8 Å². The summed E-state index contributed by atoms with van der Waals surface area (Å²) in [6.07, 6.45) is -8.34. The molecule has 2 atom stereocenters. The van der Waals surface area contributed by atoms with E-state index in [1.165, 1.54) is 0 Å². The van der Waals surface area contributed by atoms with Crippen LogP contribution in [-0.4, -0.2) is 35.7 Å². The first-order chi connectivity index (χ1) is 16.4. The molecule has 1 fully saturated rings. The van der Waals surface area contributed by atoms with Crippen molar-refractivity contribution in [3.63, 3.8) is 0 Å². The highest BCUT2D eigenvalue weighted by molar-refractivity contribution is 5.47. The second-order valence-corrected chi connectivity index (χ2v) is 9.43. The number of fused-ring (bicyclic) bond motifs is 1. The molecule has 4 rings (SSSR count). The molecule has 2 aliphatic heterocycles. The molecule has 10 heteroatoms. The monoisotopic (exact) mass is 502 g/mol. The van der Waals surface area contributed by atoms with Gasteiger partial charge in [0.25, 0.3) is 0 Å². The SMILES string of the molecule is Cc1ccc2c(c1O)C[C@@H](C1CCN(Cc3cc(C(F)(F)F)cc(C(F)(F)F)c3)CC1)O[C@H]2CN. The summed E-state index contributed by atoms with van der Waals surface area (Å²) >= 11 is 0. The average molecular weight is 502 g/mol. The lowest BCUT2D eigenvalue weighted by Gasteiger charge is -2.40. The lowest BCUT2D eigenvalue weighted by molar-refractivity contribution is -0.143. The topological polar surface area (TPSA) is 58.7 Å². The van der Waals surface area contributed by atoms with E-state index >= 15 is 0 Å². The molecule has 2 aliphatic rings. The number of likely N-dealkylation sites (tertiary alicyclic amines) is 1. The molecule has 2 heterocycles. The molecule has 4 nitrogen and oxygen atoms in total. The Labute approximate surface area is 199 Å². The van der Waals surface area contributed by atoms with Crippen molar-refractivity contribution in [2.45, 2.75) is 57.3 Å². The molecule has 0 bridgehead atoms. The van der Waals surface area contributed by atoms with Gasteiger partial charge in [-0.2, -0.15) is 26.3 Å². The summed E-state index contributed by atoms with van der Waals surface area (Å²) in [6.45, 7) is 3.12. The van der Waals surface area contributed by atoms with Gasteiger partial charge in [0, 0.05) is 25.1 Å². The first-order valence-electron chi connectivity index (χ1n) is 11.5. The lowest BCUT2D eigenvalue weighted by Crippen LogP contribution is -2.42. The summed E-state index contributed by atoms with van der Waals surface area (Å²) in [6, 6.07) is 5.49. The normalized spacial score (nSPS) is 22.3. The zero-order valence-corrected chi connectivity index (χ0v) is 19.2. The highest BCUT2D eigenvalue weighted by atomic mass is 19.4. The van der Waals surface area contributed by atoms with Crippen LogP contribution in [0.1, 0.15) is 52.3 Å². The molecule has 0 radical (unpaired) electrons. The van der Waals surface area contributed by atoms with Gasteiger partial charge >= 0.3 is 12.4 Å². The zero-order valence-electron chi connectivity index (χ0n) is 19.2. The predicted molar refractivity (Wildman–Crippen MR) is 118 cm³/mol. The Morgan fingerprint density at radius 3 is 2.14 bits per heavy atom. The Balaban J connectivity index is 1.45. The number of nitrogens with zero attached hydrogens (tertiary/aromatic N) is 1. The van der Waals surface area contributed by atoms with E-state index in [-0.39, 0.29) is 48.6 Å². The number of phenolic OH excluding ortho intramolecular Hbond substituents is 1. The summed E-state index contributed by atoms with van der Waals surface area (Å²) < 4.78 is 85.3. The molecule has 2 aromatic rings. The Hall–Kier alpha value is -2.30. The number of benzene rings is 2. The number of halogens is 6. The van der Waals surface area contributed by atoms with Crippen molar-refractivity contribution in [3.8, 4) is 5.75 Å². The third kappa shape index (κ3) is 5.59. The Morgan fingerprint density at radius 2 is 1.60 bits per heavy atom. The molecule has 3 N–H and O–H groups in total. The van der Waals surface area contributed by atoms with E-state index in [4.69, 9.17) is 10.5 Å². The van der Waals surface area contributed by atoms with Crippen LogP contribution in [0.15, 0.2) is 30.3 Å². The van der Waals surface area contributed by atoms with Crippen molar-refractivity contribution >= 4 is 0 Å². The van der Waals surface area contributed by atoms with Crippen LogP contribution in [0.25, 0.3) is 0 Å². The van der Waals surface area contributed by atoms with Gasteiger partial charge in [0.05, 0.1) is 23.3 Å². The molecule has 0 amide bonds. The van der Waals surface area contributed by atoms with Crippen molar-refractivity contribution in [1.29, 1.82) is 0 Å². The molecule has 192 valence electrons. The van der Waals surface area contributed by atoms with E-state index in [9.17, 15) is 31.4 Å². The lowest BCUT2D eigenvalue weighted by atomic mass is 9.83. The summed E-state index contributed by atoms with van der Waals surface area (Å²) in [5, 5.41) is 10.6. The minimum Gasteiger partial charge on any atom is -0.507 e. The number of phenols is 1. The molecular formula is C25H28F6N2O2. The van der Waals surface area contributed by atoms with Crippen LogP contribution in [0.4, 0.5) is 26.3 Å². The highest BCUT2D eigenvalue weighted by Gasteiger charge is 2.38. The number of aryl methyl sites for hydroxylation is 1. The molecule has 0 aromatic heterocycles. The van der Waals surface area contributed by atoms with Crippen LogP contribution < -0.4 is 5.73 Å². The number of hydrogen-bond donors (Lipinski definition) is 2. The van der Waals surface area contributed by atoms with Gasteiger partial charge in [-0.1, -0.05) is 12.1 Å². The first kappa shape index (κ1) is 25.8. The minimum absolute atomic E-state index is 0.000511. The fourth-order valence-electron chi connectivity index (χ4n) is 5.13. The quantitative estimate of drug-likeness (QED) is 0.535. The number of nitrogens with two attached hydrogens (primary N) is 1. The summed E-state index contributed by atoms with van der Waals surface area (Å²) in [5.74, 6) is 0.386. The van der Waals surface area contributed by atoms with Crippen molar-refractivity contribution in [2.75, 3.05) is 19.6 Å². The van der Waals surface area contributed by atoms with Crippen molar-refractivity contribution in [1.82, 2.24) is 4.90 Å². The van der Waals surface area contributed by atoms with E-state index in [1.54, 1.807) is 0 Å². The number of ether oxygens (including phenoxy) is 1. The summed E-state index contributed by atoms with van der Waals surface area (Å²) in [7, 11) is 0.